The first-order chi connectivity index (χ1) is 8.66. The molecule has 94 valence electrons. The van der Waals surface area contributed by atoms with Crippen LogP contribution in [0.25, 0.3) is 11.4 Å². The third kappa shape index (κ3) is 2.91. The number of nitrogens with zero attached hydrogens (tertiary/aromatic N) is 4. The summed E-state index contributed by atoms with van der Waals surface area (Å²) in [4.78, 5) is 10.6. The van der Waals surface area contributed by atoms with E-state index in [1.54, 1.807) is 4.68 Å². The first-order valence-corrected chi connectivity index (χ1v) is 5.70. The zero-order valence-electron chi connectivity index (χ0n) is 10.0. The predicted octanol–water partition coefficient (Wildman–Crippen LogP) is 1.45. The second kappa shape index (κ2) is 5.39. The lowest BCUT2D eigenvalue weighted by Gasteiger charge is -2.09. The lowest BCUT2D eigenvalue weighted by atomic mass is 10.1. The van der Waals surface area contributed by atoms with Crippen molar-refractivity contribution in [3.05, 3.63) is 30.3 Å². The summed E-state index contributed by atoms with van der Waals surface area (Å²) in [5.74, 6) is -0.168. The molecule has 18 heavy (non-hydrogen) atoms. The Labute approximate surface area is 104 Å². The summed E-state index contributed by atoms with van der Waals surface area (Å²) in [5.41, 5.74) is 0.921. The highest BCUT2D eigenvalue weighted by molar-refractivity contribution is 5.66. The van der Waals surface area contributed by atoms with Crippen molar-refractivity contribution in [3.63, 3.8) is 0 Å². The van der Waals surface area contributed by atoms with Crippen molar-refractivity contribution in [2.45, 2.75) is 19.9 Å². The average Bonchev–Trinajstić information content (AvgIpc) is 2.77. The van der Waals surface area contributed by atoms with Crippen LogP contribution in [-0.2, 0) is 11.3 Å². The van der Waals surface area contributed by atoms with Gasteiger partial charge >= 0.3 is 5.97 Å². The summed E-state index contributed by atoms with van der Waals surface area (Å²) < 4.78 is 1.64. The number of carboxylic acid groups (broad SMARTS) is 1. The van der Waals surface area contributed by atoms with Crippen molar-refractivity contribution in [3.8, 4) is 11.4 Å². The molecule has 1 heterocycles. The Kier molecular flexibility index (Phi) is 3.66. The van der Waals surface area contributed by atoms with E-state index in [2.05, 4.69) is 15.5 Å². The number of hydrogen-bond donors (Lipinski definition) is 1. The molecule has 2 rings (SSSR count). The van der Waals surface area contributed by atoms with Gasteiger partial charge < -0.3 is 5.11 Å². The molecule has 0 bridgehead atoms. The molecule has 1 unspecified atom stereocenters. The molecule has 0 saturated heterocycles. The Bertz CT molecular complexity index is 524. The van der Waals surface area contributed by atoms with Gasteiger partial charge in [-0.05, 0) is 16.3 Å². The molecule has 1 aromatic heterocycles. The van der Waals surface area contributed by atoms with Crippen LogP contribution in [0.15, 0.2) is 30.3 Å². The largest absolute Gasteiger partial charge is 0.481 e. The Morgan fingerprint density at radius 2 is 2.11 bits per heavy atom. The lowest BCUT2D eigenvalue weighted by molar-refractivity contribution is -0.138. The number of benzene rings is 1. The number of carboxylic acids is 1. The minimum absolute atomic E-state index is 0.0199. The van der Waals surface area contributed by atoms with Gasteiger partial charge in [-0.15, -0.1) is 5.10 Å². The van der Waals surface area contributed by atoms with E-state index < -0.39 is 5.97 Å². The standard InChI is InChI=1S/C12H14N4O2/c1-9(7-11(17)18)8-16-12(13-14-15-16)10-5-3-2-4-6-10/h2-6,9H,7-8H2,1H3,(H,17,18). The third-order valence-corrected chi connectivity index (χ3v) is 2.57. The minimum atomic E-state index is -0.808. The van der Waals surface area contributed by atoms with Crippen LogP contribution in [0.5, 0.6) is 0 Å². The second-order valence-corrected chi connectivity index (χ2v) is 4.25. The van der Waals surface area contributed by atoms with Crippen molar-refractivity contribution < 1.29 is 9.90 Å². The quantitative estimate of drug-likeness (QED) is 0.863. The average molecular weight is 246 g/mol. The highest BCUT2D eigenvalue weighted by Crippen LogP contribution is 2.16. The van der Waals surface area contributed by atoms with Crippen molar-refractivity contribution in [2.24, 2.45) is 5.92 Å². The van der Waals surface area contributed by atoms with E-state index in [1.807, 2.05) is 37.3 Å². The van der Waals surface area contributed by atoms with Crippen LogP contribution >= 0.6 is 0 Å². The van der Waals surface area contributed by atoms with Gasteiger partial charge in [0.2, 0.25) is 0 Å². The summed E-state index contributed by atoms with van der Waals surface area (Å²) in [6, 6.07) is 9.59. The Morgan fingerprint density at radius 3 is 2.78 bits per heavy atom. The molecule has 1 aromatic carbocycles. The van der Waals surface area contributed by atoms with Crippen LogP contribution < -0.4 is 0 Å². The Balaban J connectivity index is 2.16. The maximum atomic E-state index is 10.6. The fraction of sp³-hybridized carbons (Fsp3) is 0.333. The predicted molar refractivity (Wildman–Crippen MR) is 64.7 cm³/mol. The molecule has 0 fully saturated rings. The summed E-state index contributed by atoms with van der Waals surface area (Å²) in [7, 11) is 0. The molecule has 0 amide bonds. The van der Waals surface area contributed by atoms with E-state index in [4.69, 9.17) is 5.11 Å². The molecule has 0 aliphatic carbocycles. The monoisotopic (exact) mass is 246 g/mol. The Hall–Kier alpha value is -2.24. The number of aliphatic carboxylic acids is 1. The number of carbonyl (C=O) groups is 1. The zero-order chi connectivity index (χ0) is 13.0. The van der Waals surface area contributed by atoms with Crippen molar-refractivity contribution >= 4 is 5.97 Å². The minimum Gasteiger partial charge on any atom is -0.481 e. The van der Waals surface area contributed by atoms with E-state index in [9.17, 15) is 4.79 Å². The van der Waals surface area contributed by atoms with Gasteiger partial charge in [-0.3, -0.25) is 4.79 Å². The summed E-state index contributed by atoms with van der Waals surface area (Å²) in [6.45, 7) is 2.36. The van der Waals surface area contributed by atoms with Crippen LogP contribution in [0.3, 0.4) is 0 Å². The smallest absolute Gasteiger partial charge is 0.303 e. The number of rotatable bonds is 5. The van der Waals surface area contributed by atoms with Gasteiger partial charge in [0.25, 0.3) is 0 Å². The number of aromatic nitrogens is 4. The second-order valence-electron chi connectivity index (χ2n) is 4.25. The molecule has 0 saturated carbocycles. The van der Waals surface area contributed by atoms with Gasteiger partial charge in [0, 0.05) is 18.5 Å². The molecule has 0 aliphatic rings. The van der Waals surface area contributed by atoms with Crippen molar-refractivity contribution in [2.75, 3.05) is 0 Å². The van der Waals surface area contributed by atoms with Crippen LogP contribution in [0.4, 0.5) is 0 Å². The molecular formula is C12H14N4O2. The Morgan fingerprint density at radius 1 is 1.39 bits per heavy atom. The van der Waals surface area contributed by atoms with Gasteiger partial charge in [0.1, 0.15) is 0 Å². The van der Waals surface area contributed by atoms with Crippen LogP contribution in [0, 0.1) is 5.92 Å². The molecule has 6 nitrogen and oxygen atoms in total. The highest BCUT2D eigenvalue weighted by atomic mass is 16.4. The van der Waals surface area contributed by atoms with Crippen molar-refractivity contribution in [1.82, 2.24) is 20.2 Å². The summed E-state index contributed by atoms with van der Waals surface area (Å²) >= 11 is 0. The molecule has 1 atom stereocenters. The molecule has 2 aromatic rings. The highest BCUT2D eigenvalue weighted by Gasteiger charge is 2.13. The molecular weight excluding hydrogens is 232 g/mol. The first-order valence-electron chi connectivity index (χ1n) is 5.70. The van der Waals surface area contributed by atoms with Gasteiger partial charge in [0.15, 0.2) is 5.82 Å². The number of tetrazole rings is 1. The molecule has 6 heteroatoms. The fourth-order valence-electron chi connectivity index (χ4n) is 1.78. The maximum Gasteiger partial charge on any atom is 0.303 e. The van der Waals surface area contributed by atoms with Crippen molar-refractivity contribution in [1.29, 1.82) is 0 Å². The third-order valence-electron chi connectivity index (χ3n) is 2.57. The van der Waals surface area contributed by atoms with E-state index in [0.717, 1.165) is 5.56 Å². The first kappa shape index (κ1) is 12.2. The zero-order valence-corrected chi connectivity index (χ0v) is 10.0. The SMILES string of the molecule is CC(CC(=O)O)Cn1nnnc1-c1ccccc1. The van der Waals surface area contributed by atoms with E-state index in [0.29, 0.717) is 12.4 Å². The fourth-order valence-corrected chi connectivity index (χ4v) is 1.78. The van der Waals surface area contributed by atoms with Gasteiger partial charge in [-0.1, -0.05) is 37.3 Å². The molecule has 0 aliphatic heterocycles. The van der Waals surface area contributed by atoms with Gasteiger partial charge in [0.05, 0.1) is 0 Å². The number of hydrogen-bond acceptors (Lipinski definition) is 4. The lowest BCUT2D eigenvalue weighted by Crippen LogP contribution is -2.14. The molecule has 0 spiro atoms. The van der Waals surface area contributed by atoms with Gasteiger partial charge in [-0.2, -0.15) is 0 Å². The summed E-state index contributed by atoms with van der Waals surface area (Å²) in [5, 5.41) is 20.3. The summed E-state index contributed by atoms with van der Waals surface area (Å²) in [6.07, 6.45) is 0.105. The normalized spacial score (nSPS) is 12.3. The maximum absolute atomic E-state index is 10.6. The molecule has 0 radical (unpaired) electrons. The van der Waals surface area contributed by atoms with Gasteiger partial charge in [-0.25, -0.2) is 4.68 Å². The van der Waals surface area contributed by atoms with Crippen LogP contribution in [-0.4, -0.2) is 31.3 Å². The molecule has 1 N–H and O–H groups in total. The van der Waals surface area contributed by atoms with Crippen LogP contribution in [0.1, 0.15) is 13.3 Å². The van der Waals surface area contributed by atoms with Crippen LogP contribution in [0.2, 0.25) is 0 Å². The van der Waals surface area contributed by atoms with E-state index in [-0.39, 0.29) is 12.3 Å². The topological polar surface area (TPSA) is 80.9 Å². The van der Waals surface area contributed by atoms with E-state index in [1.165, 1.54) is 0 Å². The van der Waals surface area contributed by atoms with E-state index >= 15 is 0 Å².